The molecule has 0 bridgehead atoms. The fourth-order valence-electron chi connectivity index (χ4n) is 2.85. The van der Waals surface area contributed by atoms with Crippen LogP contribution in [0.15, 0.2) is 27.6 Å². The third-order valence-electron chi connectivity index (χ3n) is 3.88. The van der Waals surface area contributed by atoms with Gasteiger partial charge in [0.15, 0.2) is 11.4 Å². The van der Waals surface area contributed by atoms with Crippen molar-refractivity contribution in [3.63, 3.8) is 0 Å². The lowest BCUT2D eigenvalue weighted by molar-refractivity contribution is -0.136. The Bertz CT molecular complexity index is 963. The van der Waals surface area contributed by atoms with E-state index in [4.69, 9.17) is 10.2 Å². The highest BCUT2D eigenvalue weighted by Gasteiger charge is 2.35. The number of halogens is 3. The lowest BCUT2D eigenvalue weighted by Crippen LogP contribution is -2.32. The number of aromatic nitrogens is 2. The topological polar surface area (TPSA) is 80.5 Å². The molecule has 1 aromatic carbocycles. The molecular weight excluding hydrogens is 323 g/mol. The van der Waals surface area contributed by atoms with E-state index in [0.29, 0.717) is 25.5 Å². The number of fused-ring (bicyclic) bond motifs is 3. The molecule has 0 radical (unpaired) electrons. The van der Waals surface area contributed by atoms with E-state index in [9.17, 15) is 13.2 Å². The monoisotopic (exact) mass is 335 g/mol. The van der Waals surface area contributed by atoms with E-state index >= 15 is 0 Å². The van der Waals surface area contributed by atoms with Gasteiger partial charge in [0, 0.05) is 12.8 Å². The molecule has 0 saturated heterocycles. The molecule has 3 aromatic rings. The van der Waals surface area contributed by atoms with Crippen molar-refractivity contribution in [2.75, 3.05) is 30.3 Å². The molecule has 24 heavy (non-hydrogen) atoms. The zero-order valence-electron chi connectivity index (χ0n) is 12.3. The molecule has 0 spiro atoms. The lowest BCUT2D eigenvalue weighted by atomic mass is 10.1. The van der Waals surface area contributed by atoms with Gasteiger partial charge in [-0.1, -0.05) is 6.07 Å². The van der Waals surface area contributed by atoms with Gasteiger partial charge in [0.05, 0.1) is 24.0 Å². The highest BCUT2D eigenvalue weighted by molar-refractivity contribution is 6.08. The number of hydrogen-bond donors (Lipinski definition) is 1. The third-order valence-corrected chi connectivity index (χ3v) is 3.88. The van der Waals surface area contributed by atoms with Crippen molar-refractivity contribution < 1.29 is 17.6 Å². The number of anilines is 2. The van der Waals surface area contributed by atoms with Crippen LogP contribution in [0.1, 0.15) is 5.56 Å². The largest absolute Gasteiger partial charge is 0.450 e. The van der Waals surface area contributed by atoms with E-state index in [1.54, 1.807) is 6.21 Å². The number of rotatable bonds is 1. The first kappa shape index (κ1) is 14.7. The zero-order chi connectivity index (χ0) is 16.9. The summed E-state index contributed by atoms with van der Waals surface area (Å²) in [6.07, 6.45) is -2.80. The van der Waals surface area contributed by atoms with Crippen molar-refractivity contribution in [2.24, 2.45) is 4.99 Å². The highest BCUT2D eigenvalue weighted by atomic mass is 19.4. The Hall–Kier alpha value is -2.84. The van der Waals surface area contributed by atoms with Crippen LogP contribution in [0.2, 0.25) is 0 Å². The summed E-state index contributed by atoms with van der Waals surface area (Å²) in [6, 6.07) is 3.78. The summed E-state index contributed by atoms with van der Waals surface area (Å²) in [5.41, 5.74) is 5.31. The lowest BCUT2D eigenvalue weighted by Gasteiger charge is -2.23. The Morgan fingerprint density at radius 3 is 2.75 bits per heavy atom. The summed E-state index contributed by atoms with van der Waals surface area (Å²) in [7, 11) is 0. The standard InChI is InChI=1S/C15H12F3N5O/c16-15(17,18)8-2-1-3-9-10(8)11-12(24-9)13(22-14(19)21-11)23-6-4-20-5-7-23/h1-4H,5-7H2,(H2,19,21,22). The van der Waals surface area contributed by atoms with Crippen molar-refractivity contribution in [1.82, 2.24) is 9.97 Å². The van der Waals surface area contributed by atoms with Crippen LogP contribution < -0.4 is 10.6 Å². The van der Waals surface area contributed by atoms with Crippen LogP contribution >= 0.6 is 0 Å². The van der Waals surface area contributed by atoms with Crippen LogP contribution in [0.5, 0.6) is 0 Å². The summed E-state index contributed by atoms with van der Waals surface area (Å²) in [4.78, 5) is 14.1. The minimum Gasteiger partial charge on any atom is -0.450 e. The van der Waals surface area contributed by atoms with Gasteiger partial charge in [-0.2, -0.15) is 18.2 Å². The number of aliphatic imine (C=N–C) groups is 1. The number of nitrogens with zero attached hydrogens (tertiary/aromatic N) is 4. The van der Waals surface area contributed by atoms with Crippen molar-refractivity contribution in [1.29, 1.82) is 0 Å². The van der Waals surface area contributed by atoms with Crippen LogP contribution in [0.3, 0.4) is 0 Å². The Kier molecular flexibility index (Phi) is 3.12. The highest BCUT2D eigenvalue weighted by Crippen LogP contribution is 2.41. The molecule has 2 N–H and O–H groups in total. The maximum atomic E-state index is 13.3. The van der Waals surface area contributed by atoms with Crippen LogP contribution in [0, 0.1) is 0 Å². The molecule has 0 aliphatic carbocycles. The number of nitrogens with two attached hydrogens (primary N) is 1. The quantitative estimate of drug-likeness (QED) is 0.739. The van der Waals surface area contributed by atoms with E-state index in [2.05, 4.69) is 15.0 Å². The first-order chi connectivity index (χ1) is 11.4. The van der Waals surface area contributed by atoms with E-state index in [-0.39, 0.29) is 28.0 Å². The minimum absolute atomic E-state index is 0.0722. The Morgan fingerprint density at radius 2 is 2.04 bits per heavy atom. The average Bonchev–Trinajstić information content (AvgIpc) is 2.92. The van der Waals surface area contributed by atoms with Gasteiger partial charge in [-0.15, -0.1) is 0 Å². The summed E-state index contributed by atoms with van der Waals surface area (Å²) >= 11 is 0. The molecule has 0 saturated carbocycles. The molecule has 1 aliphatic rings. The number of alkyl halides is 3. The van der Waals surface area contributed by atoms with Gasteiger partial charge < -0.3 is 15.1 Å². The summed E-state index contributed by atoms with van der Waals surface area (Å²) in [5, 5.41) is -0.0963. The van der Waals surface area contributed by atoms with Crippen LogP contribution in [0.4, 0.5) is 24.9 Å². The summed E-state index contributed by atoms with van der Waals surface area (Å²) < 4.78 is 45.7. The molecule has 0 atom stereocenters. The molecule has 1 aliphatic heterocycles. The van der Waals surface area contributed by atoms with Gasteiger partial charge in [0.25, 0.3) is 0 Å². The van der Waals surface area contributed by atoms with Crippen LogP contribution in [0.25, 0.3) is 22.1 Å². The molecular formula is C15H12F3N5O. The Morgan fingerprint density at radius 1 is 1.21 bits per heavy atom. The molecule has 9 heteroatoms. The first-order valence-electron chi connectivity index (χ1n) is 7.24. The van der Waals surface area contributed by atoms with Crippen molar-refractivity contribution in [2.45, 2.75) is 6.18 Å². The Labute approximate surface area is 133 Å². The number of hydrogen-bond acceptors (Lipinski definition) is 6. The van der Waals surface area contributed by atoms with E-state index in [0.717, 1.165) is 6.07 Å². The van der Waals surface area contributed by atoms with Gasteiger partial charge in [-0.25, -0.2) is 4.98 Å². The van der Waals surface area contributed by atoms with Crippen molar-refractivity contribution in [3.05, 3.63) is 23.8 Å². The van der Waals surface area contributed by atoms with E-state index in [1.807, 2.05) is 4.90 Å². The molecule has 3 heterocycles. The van der Waals surface area contributed by atoms with Gasteiger partial charge in [-0.3, -0.25) is 4.99 Å². The SMILES string of the molecule is Nc1nc(N2CC=NCC2)c2oc3cccc(C(F)(F)F)c3c2n1. The number of benzene rings is 1. The maximum absolute atomic E-state index is 13.3. The third kappa shape index (κ3) is 2.24. The minimum atomic E-state index is -4.52. The second kappa shape index (κ2) is 5.08. The smallest absolute Gasteiger partial charge is 0.417 e. The predicted molar refractivity (Wildman–Crippen MR) is 84.3 cm³/mol. The van der Waals surface area contributed by atoms with Crippen molar-refractivity contribution >= 4 is 40.0 Å². The van der Waals surface area contributed by atoms with Gasteiger partial charge in [0.2, 0.25) is 5.95 Å². The predicted octanol–water partition coefficient (Wildman–Crippen LogP) is 2.87. The molecule has 0 unspecified atom stereocenters. The maximum Gasteiger partial charge on any atom is 0.417 e. The molecule has 0 amide bonds. The fourth-order valence-corrected chi connectivity index (χ4v) is 2.85. The molecule has 124 valence electrons. The van der Waals surface area contributed by atoms with E-state index in [1.165, 1.54) is 12.1 Å². The average molecular weight is 335 g/mol. The van der Waals surface area contributed by atoms with E-state index < -0.39 is 11.7 Å². The van der Waals surface area contributed by atoms with Crippen LogP contribution in [-0.2, 0) is 6.18 Å². The molecule has 0 fully saturated rings. The fraction of sp³-hybridized carbons (Fsp3) is 0.267. The zero-order valence-corrected chi connectivity index (χ0v) is 12.3. The molecule has 4 rings (SSSR count). The first-order valence-corrected chi connectivity index (χ1v) is 7.24. The van der Waals surface area contributed by atoms with Crippen molar-refractivity contribution in [3.8, 4) is 0 Å². The Balaban J connectivity index is 2.05. The second-order valence-corrected chi connectivity index (χ2v) is 5.40. The van der Waals surface area contributed by atoms with Gasteiger partial charge >= 0.3 is 6.18 Å². The number of nitrogen functional groups attached to an aromatic ring is 1. The summed E-state index contributed by atoms with van der Waals surface area (Å²) in [6.45, 7) is 1.62. The van der Waals surface area contributed by atoms with Gasteiger partial charge in [0.1, 0.15) is 11.1 Å². The normalized spacial score (nSPS) is 15.5. The van der Waals surface area contributed by atoms with Gasteiger partial charge in [-0.05, 0) is 12.1 Å². The van der Waals surface area contributed by atoms with Crippen LogP contribution in [-0.4, -0.2) is 35.8 Å². The number of furan rings is 1. The molecule has 2 aromatic heterocycles. The summed E-state index contributed by atoms with van der Waals surface area (Å²) in [5.74, 6) is 0.285. The second-order valence-electron chi connectivity index (χ2n) is 5.40. The molecule has 6 nitrogen and oxygen atoms in total.